The molecule has 3 heterocycles. The smallest absolute Gasteiger partial charge is 0.273 e. The van der Waals surface area contributed by atoms with Gasteiger partial charge in [-0.2, -0.15) is 11.3 Å². The fraction of sp³-hybridized carbons (Fsp3) is 0.267. The van der Waals surface area contributed by atoms with Gasteiger partial charge in [-0.05, 0) is 41.4 Å². The number of hydrogen-bond acceptors (Lipinski definition) is 6. The Kier molecular flexibility index (Phi) is 4.54. The highest BCUT2D eigenvalue weighted by Crippen LogP contribution is 2.17. The van der Waals surface area contributed by atoms with Crippen molar-refractivity contribution in [2.75, 3.05) is 0 Å². The summed E-state index contributed by atoms with van der Waals surface area (Å²) >= 11 is 1.52. The number of aliphatic hydroxyl groups is 1. The third-order valence-corrected chi connectivity index (χ3v) is 3.98. The van der Waals surface area contributed by atoms with Crippen LogP contribution in [-0.2, 0) is 13.1 Å². The van der Waals surface area contributed by atoms with Gasteiger partial charge in [-0.1, -0.05) is 5.21 Å². The lowest BCUT2D eigenvalue weighted by Crippen LogP contribution is -2.22. The number of aromatic nitrogens is 3. The molecular formula is C15H16N4O3S. The average Bonchev–Trinajstić information content (AvgIpc) is 3.26. The van der Waals surface area contributed by atoms with Gasteiger partial charge in [0.2, 0.25) is 0 Å². The van der Waals surface area contributed by atoms with Crippen LogP contribution in [0.15, 0.2) is 39.6 Å². The number of nitrogens with one attached hydrogen (secondary N) is 1. The lowest BCUT2D eigenvalue weighted by Gasteiger charge is -2.07. The summed E-state index contributed by atoms with van der Waals surface area (Å²) in [5, 5.41) is 24.3. The number of hydrogen-bond donors (Lipinski definition) is 2. The van der Waals surface area contributed by atoms with Crippen molar-refractivity contribution in [1.29, 1.82) is 0 Å². The summed E-state index contributed by atoms with van der Waals surface area (Å²) in [5.41, 5.74) is 1.02. The predicted octanol–water partition coefficient (Wildman–Crippen LogP) is 1.90. The molecule has 0 saturated heterocycles. The van der Waals surface area contributed by atoms with Crippen LogP contribution in [0.1, 0.15) is 33.7 Å². The van der Waals surface area contributed by atoms with Gasteiger partial charge < -0.3 is 14.8 Å². The molecule has 0 radical (unpaired) electrons. The monoisotopic (exact) mass is 332 g/mol. The number of aryl methyl sites for hydroxylation is 1. The number of thiophene rings is 1. The van der Waals surface area contributed by atoms with Crippen LogP contribution in [0.2, 0.25) is 0 Å². The van der Waals surface area contributed by atoms with Gasteiger partial charge in [-0.3, -0.25) is 4.79 Å². The number of aliphatic hydroxyl groups excluding tert-OH is 1. The van der Waals surface area contributed by atoms with Crippen LogP contribution in [0.4, 0.5) is 0 Å². The van der Waals surface area contributed by atoms with E-state index in [1.807, 2.05) is 35.9 Å². The van der Waals surface area contributed by atoms with Gasteiger partial charge >= 0.3 is 0 Å². The molecule has 0 aliphatic heterocycles. The molecule has 0 spiro atoms. The molecule has 0 aromatic carbocycles. The van der Waals surface area contributed by atoms with E-state index in [9.17, 15) is 9.90 Å². The third-order valence-electron chi connectivity index (χ3n) is 3.28. The predicted molar refractivity (Wildman–Crippen MR) is 83.9 cm³/mol. The first-order valence-corrected chi connectivity index (χ1v) is 8.00. The Bertz CT molecular complexity index is 778. The first-order chi connectivity index (χ1) is 11.1. The van der Waals surface area contributed by atoms with E-state index in [0.29, 0.717) is 5.76 Å². The Morgan fingerprint density at radius 2 is 2.35 bits per heavy atom. The van der Waals surface area contributed by atoms with Crippen LogP contribution in [0.25, 0.3) is 0 Å². The molecule has 3 aromatic heterocycles. The normalized spacial score (nSPS) is 12.3. The summed E-state index contributed by atoms with van der Waals surface area (Å²) in [6.07, 6.45) is 0.836. The Morgan fingerprint density at radius 1 is 1.48 bits per heavy atom. The zero-order valence-corrected chi connectivity index (χ0v) is 13.3. The zero-order chi connectivity index (χ0) is 16.2. The minimum atomic E-state index is -0.676. The van der Waals surface area contributed by atoms with E-state index in [4.69, 9.17) is 4.42 Å². The topological polar surface area (TPSA) is 93.2 Å². The largest absolute Gasteiger partial charge is 0.465 e. The molecule has 0 aliphatic carbocycles. The SMILES string of the molecule is Cc1ccc(CNC(=O)c2cn(C[C@@H](O)c3ccsc3)nn2)o1. The molecule has 0 saturated carbocycles. The number of amides is 1. The number of carbonyl (C=O) groups is 1. The molecule has 1 amide bonds. The van der Waals surface area contributed by atoms with E-state index in [1.165, 1.54) is 22.2 Å². The Hall–Kier alpha value is -2.45. The molecular weight excluding hydrogens is 316 g/mol. The van der Waals surface area contributed by atoms with Crippen LogP contribution in [-0.4, -0.2) is 26.0 Å². The van der Waals surface area contributed by atoms with Crippen molar-refractivity contribution < 1.29 is 14.3 Å². The van der Waals surface area contributed by atoms with Crippen LogP contribution in [0.3, 0.4) is 0 Å². The van der Waals surface area contributed by atoms with E-state index in [2.05, 4.69) is 15.6 Å². The van der Waals surface area contributed by atoms with E-state index in [1.54, 1.807) is 0 Å². The lowest BCUT2D eigenvalue weighted by atomic mass is 10.2. The van der Waals surface area contributed by atoms with Gasteiger partial charge in [-0.25, -0.2) is 4.68 Å². The summed E-state index contributed by atoms with van der Waals surface area (Å²) in [6, 6.07) is 5.50. The maximum atomic E-state index is 12.0. The van der Waals surface area contributed by atoms with E-state index < -0.39 is 6.10 Å². The standard InChI is InChI=1S/C15H16N4O3S/c1-10-2-3-12(22-10)6-16-15(21)13-7-19(18-17-13)8-14(20)11-4-5-23-9-11/h2-5,7,9,14,20H,6,8H2,1H3,(H,16,21)/t14-/m1/s1. The van der Waals surface area contributed by atoms with E-state index in [0.717, 1.165) is 11.3 Å². The molecule has 2 N–H and O–H groups in total. The van der Waals surface area contributed by atoms with Gasteiger partial charge in [0, 0.05) is 0 Å². The van der Waals surface area contributed by atoms with Crippen molar-refractivity contribution >= 4 is 17.2 Å². The fourth-order valence-electron chi connectivity index (χ4n) is 2.08. The second-order valence-corrected chi connectivity index (χ2v) is 5.87. The molecule has 0 unspecified atom stereocenters. The minimum absolute atomic E-state index is 0.200. The summed E-state index contributed by atoms with van der Waals surface area (Å²) in [7, 11) is 0. The molecule has 0 bridgehead atoms. The Balaban J connectivity index is 1.56. The van der Waals surface area contributed by atoms with Gasteiger partial charge in [0.05, 0.1) is 25.4 Å². The van der Waals surface area contributed by atoms with Crippen molar-refractivity contribution in [2.45, 2.75) is 26.1 Å². The van der Waals surface area contributed by atoms with Crippen LogP contribution in [0.5, 0.6) is 0 Å². The maximum absolute atomic E-state index is 12.0. The molecule has 1 atom stereocenters. The van der Waals surface area contributed by atoms with Crippen molar-refractivity contribution in [3.63, 3.8) is 0 Å². The first-order valence-electron chi connectivity index (χ1n) is 7.05. The van der Waals surface area contributed by atoms with E-state index >= 15 is 0 Å². The number of carbonyl (C=O) groups excluding carboxylic acids is 1. The van der Waals surface area contributed by atoms with Crippen LogP contribution in [0, 0.1) is 6.92 Å². The highest BCUT2D eigenvalue weighted by molar-refractivity contribution is 7.07. The number of rotatable bonds is 6. The molecule has 0 aliphatic rings. The van der Waals surface area contributed by atoms with Gasteiger partial charge in [0.25, 0.3) is 5.91 Å². The molecule has 3 rings (SSSR count). The van der Waals surface area contributed by atoms with Crippen molar-refractivity contribution in [3.05, 3.63) is 57.9 Å². The first kappa shape index (κ1) is 15.4. The fourth-order valence-corrected chi connectivity index (χ4v) is 2.78. The summed E-state index contributed by atoms with van der Waals surface area (Å²) < 4.78 is 6.83. The van der Waals surface area contributed by atoms with Crippen molar-refractivity contribution in [3.8, 4) is 0 Å². The third kappa shape index (κ3) is 3.85. The maximum Gasteiger partial charge on any atom is 0.273 e. The van der Waals surface area contributed by atoms with Crippen molar-refractivity contribution in [1.82, 2.24) is 20.3 Å². The summed E-state index contributed by atoms with van der Waals surface area (Å²) in [5.74, 6) is 1.13. The molecule has 120 valence electrons. The van der Waals surface area contributed by atoms with Crippen LogP contribution < -0.4 is 5.32 Å². The van der Waals surface area contributed by atoms with E-state index in [-0.39, 0.29) is 24.7 Å². The Labute approximate surface area is 136 Å². The van der Waals surface area contributed by atoms with Gasteiger partial charge in [0.15, 0.2) is 5.69 Å². The number of furan rings is 1. The highest BCUT2D eigenvalue weighted by Gasteiger charge is 2.14. The van der Waals surface area contributed by atoms with Gasteiger partial charge in [-0.15, -0.1) is 5.10 Å². The second kappa shape index (κ2) is 6.76. The van der Waals surface area contributed by atoms with Crippen molar-refractivity contribution in [2.24, 2.45) is 0 Å². The van der Waals surface area contributed by atoms with Gasteiger partial charge in [0.1, 0.15) is 11.5 Å². The molecule has 7 nitrogen and oxygen atoms in total. The Morgan fingerprint density at radius 3 is 3.04 bits per heavy atom. The lowest BCUT2D eigenvalue weighted by molar-refractivity contribution is 0.0942. The summed E-state index contributed by atoms with van der Waals surface area (Å²) in [6.45, 7) is 2.38. The zero-order valence-electron chi connectivity index (χ0n) is 12.5. The quantitative estimate of drug-likeness (QED) is 0.719. The molecule has 8 heteroatoms. The number of nitrogens with zero attached hydrogens (tertiary/aromatic N) is 3. The molecule has 0 fully saturated rings. The second-order valence-electron chi connectivity index (χ2n) is 5.09. The molecule has 3 aromatic rings. The van der Waals surface area contributed by atoms with Crippen LogP contribution >= 0.6 is 11.3 Å². The summed E-state index contributed by atoms with van der Waals surface area (Å²) in [4.78, 5) is 12.0. The average molecular weight is 332 g/mol. The highest BCUT2D eigenvalue weighted by atomic mass is 32.1. The minimum Gasteiger partial charge on any atom is -0.465 e. The molecule has 23 heavy (non-hydrogen) atoms.